The van der Waals surface area contributed by atoms with Gasteiger partial charge in [-0.1, -0.05) is 0 Å². The molecular formula is C23H23O2P. The SMILES string of the molecule is CCOC(=O)C=C[PH](c1ccccc1)(c1ccccc1)c1ccccc1. The zero-order valence-electron chi connectivity index (χ0n) is 14.8. The second kappa shape index (κ2) is 8.60. The molecule has 3 rings (SSSR count). The van der Waals surface area contributed by atoms with Crippen LogP contribution in [0.1, 0.15) is 6.92 Å². The average Bonchev–Trinajstić information content (AvgIpc) is 2.71. The van der Waals surface area contributed by atoms with Crippen LogP contribution in [0.25, 0.3) is 0 Å². The summed E-state index contributed by atoms with van der Waals surface area (Å²) in [6.07, 6.45) is 1.60. The molecule has 0 N–H and O–H groups in total. The Bertz CT molecular complexity index is 762. The summed E-state index contributed by atoms with van der Waals surface area (Å²) in [5, 5.41) is 3.70. The summed E-state index contributed by atoms with van der Waals surface area (Å²) in [5.74, 6) is 1.79. The monoisotopic (exact) mass is 362 g/mol. The van der Waals surface area contributed by atoms with Crippen molar-refractivity contribution < 1.29 is 9.53 Å². The van der Waals surface area contributed by atoms with E-state index in [9.17, 15) is 4.79 Å². The van der Waals surface area contributed by atoms with Crippen molar-refractivity contribution in [3.8, 4) is 0 Å². The first kappa shape index (κ1) is 18.1. The fraction of sp³-hybridized carbons (Fsp3) is 0.0870. The van der Waals surface area contributed by atoms with Crippen LogP contribution >= 0.6 is 7.26 Å². The van der Waals surface area contributed by atoms with E-state index in [2.05, 4.69) is 78.6 Å². The molecule has 0 spiro atoms. The second-order valence-corrected chi connectivity index (χ2v) is 9.67. The molecule has 0 atom stereocenters. The molecule has 26 heavy (non-hydrogen) atoms. The van der Waals surface area contributed by atoms with Gasteiger partial charge in [-0.15, -0.1) is 0 Å². The van der Waals surface area contributed by atoms with Crippen LogP contribution in [0.15, 0.2) is 103 Å². The molecule has 0 bridgehead atoms. The summed E-state index contributed by atoms with van der Waals surface area (Å²) in [7, 11) is -2.50. The van der Waals surface area contributed by atoms with E-state index >= 15 is 0 Å². The molecule has 0 amide bonds. The van der Waals surface area contributed by atoms with Crippen molar-refractivity contribution in [1.29, 1.82) is 0 Å². The Balaban J connectivity index is 2.26. The molecule has 0 unspecified atom stereocenters. The summed E-state index contributed by atoms with van der Waals surface area (Å²) >= 11 is 0. The van der Waals surface area contributed by atoms with E-state index in [1.807, 2.05) is 25.1 Å². The number of hydrogen-bond acceptors (Lipinski definition) is 2. The molecule has 0 aliphatic rings. The molecule has 0 aliphatic heterocycles. The van der Waals surface area contributed by atoms with Gasteiger partial charge in [0.2, 0.25) is 0 Å². The third-order valence-corrected chi connectivity index (χ3v) is 8.84. The van der Waals surface area contributed by atoms with E-state index in [-0.39, 0.29) is 5.97 Å². The van der Waals surface area contributed by atoms with E-state index in [4.69, 9.17) is 4.74 Å². The first-order valence-corrected chi connectivity index (χ1v) is 10.9. The van der Waals surface area contributed by atoms with E-state index in [1.165, 1.54) is 15.9 Å². The Hall–Kier alpha value is -2.70. The maximum atomic E-state index is 12.1. The Morgan fingerprint density at radius 3 is 1.50 bits per heavy atom. The number of carbonyl (C=O) groups excluding carboxylic acids is 1. The van der Waals surface area contributed by atoms with Gasteiger partial charge in [-0.3, -0.25) is 0 Å². The Morgan fingerprint density at radius 2 is 1.15 bits per heavy atom. The number of esters is 1. The summed E-state index contributed by atoms with van der Waals surface area (Å²) < 4.78 is 5.14. The third-order valence-electron chi connectivity index (χ3n) is 4.44. The zero-order valence-corrected chi connectivity index (χ0v) is 15.8. The van der Waals surface area contributed by atoms with Gasteiger partial charge in [0.1, 0.15) is 0 Å². The van der Waals surface area contributed by atoms with Gasteiger partial charge >= 0.3 is 155 Å². The number of carbonyl (C=O) groups is 1. The van der Waals surface area contributed by atoms with E-state index in [0.717, 1.165) is 0 Å². The van der Waals surface area contributed by atoms with Gasteiger partial charge in [0.05, 0.1) is 0 Å². The Kier molecular flexibility index (Phi) is 5.99. The van der Waals surface area contributed by atoms with Crippen LogP contribution in [0, 0.1) is 0 Å². The average molecular weight is 362 g/mol. The fourth-order valence-corrected chi connectivity index (χ4v) is 7.39. The van der Waals surface area contributed by atoms with Gasteiger partial charge in [0.15, 0.2) is 0 Å². The molecular weight excluding hydrogens is 339 g/mol. The molecule has 3 aromatic rings. The van der Waals surface area contributed by atoms with Crippen LogP contribution in [0.3, 0.4) is 0 Å². The Labute approximate surface area is 155 Å². The van der Waals surface area contributed by atoms with Crippen molar-refractivity contribution in [3.63, 3.8) is 0 Å². The zero-order chi connectivity index (χ0) is 18.2. The third kappa shape index (κ3) is 3.76. The molecule has 0 aliphatic carbocycles. The molecule has 0 saturated heterocycles. The van der Waals surface area contributed by atoms with Crippen molar-refractivity contribution in [1.82, 2.24) is 0 Å². The first-order chi connectivity index (χ1) is 12.8. The fourth-order valence-electron chi connectivity index (χ4n) is 3.28. The van der Waals surface area contributed by atoms with Crippen LogP contribution in [0.2, 0.25) is 0 Å². The number of hydrogen-bond donors (Lipinski definition) is 0. The maximum absolute atomic E-state index is 12.1. The van der Waals surface area contributed by atoms with Crippen LogP contribution in [0.4, 0.5) is 0 Å². The van der Waals surface area contributed by atoms with Crippen LogP contribution in [-0.4, -0.2) is 12.6 Å². The van der Waals surface area contributed by atoms with E-state index in [1.54, 1.807) is 6.08 Å². The molecule has 2 nitrogen and oxygen atoms in total. The second-order valence-electron chi connectivity index (χ2n) is 5.99. The molecule has 0 radical (unpaired) electrons. The van der Waals surface area contributed by atoms with Crippen LogP contribution < -0.4 is 15.9 Å². The van der Waals surface area contributed by atoms with Crippen molar-refractivity contribution in [2.75, 3.05) is 6.61 Å². The molecule has 0 saturated carbocycles. The van der Waals surface area contributed by atoms with E-state index in [0.29, 0.717) is 6.61 Å². The van der Waals surface area contributed by atoms with E-state index < -0.39 is 7.26 Å². The van der Waals surface area contributed by atoms with Gasteiger partial charge in [-0.2, -0.15) is 0 Å². The summed E-state index contributed by atoms with van der Waals surface area (Å²) in [6, 6.07) is 31.3. The topological polar surface area (TPSA) is 26.3 Å². The van der Waals surface area contributed by atoms with Crippen LogP contribution in [0.5, 0.6) is 0 Å². The molecule has 0 fully saturated rings. The van der Waals surface area contributed by atoms with Crippen LogP contribution in [-0.2, 0) is 9.53 Å². The molecule has 0 heterocycles. The predicted octanol–water partition coefficient (Wildman–Crippen LogP) is 3.79. The van der Waals surface area contributed by atoms with Crippen molar-refractivity contribution >= 4 is 29.1 Å². The van der Waals surface area contributed by atoms with Gasteiger partial charge in [0, 0.05) is 0 Å². The van der Waals surface area contributed by atoms with Gasteiger partial charge in [-0.05, 0) is 0 Å². The van der Waals surface area contributed by atoms with Gasteiger partial charge in [-0.25, -0.2) is 0 Å². The van der Waals surface area contributed by atoms with Crippen molar-refractivity contribution in [2.45, 2.75) is 6.92 Å². The number of ether oxygens (including phenoxy) is 1. The quantitative estimate of drug-likeness (QED) is 0.379. The molecule has 3 heteroatoms. The summed E-state index contributed by atoms with van der Waals surface area (Å²) in [5.41, 5.74) is 0. The summed E-state index contributed by atoms with van der Waals surface area (Å²) in [4.78, 5) is 12.1. The molecule has 3 aromatic carbocycles. The van der Waals surface area contributed by atoms with Gasteiger partial charge in [0.25, 0.3) is 0 Å². The minimum absolute atomic E-state index is 0.299. The Morgan fingerprint density at radius 1 is 0.769 bits per heavy atom. The van der Waals surface area contributed by atoms with Gasteiger partial charge < -0.3 is 0 Å². The normalized spacial score (nSPS) is 12.0. The number of rotatable bonds is 6. The summed E-state index contributed by atoms with van der Waals surface area (Å²) in [6.45, 7) is 2.20. The number of benzene rings is 3. The molecule has 132 valence electrons. The standard InChI is InChI=1S/C23H23O2P/c1-2-25-23(24)18-19-26(20-12-6-3-7-13-20,21-14-8-4-9-15-21)22-16-10-5-11-17-22/h3-19,26H,2H2,1H3. The van der Waals surface area contributed by atoms with Crippen molar-refractivity contribution in [3.05, 3.63) is 103 Å². The first-order valence-electron chi connectivity index (χ1n) is 8.80. The van der Waals surface area contributed by atoms with Crippen molar-refractivity contribution in [2.24, 2.45) is 0 Å². The predicted molar refractivity (Wildman–Crippen MR) is 112 cm³/mol. The minimum atomic E-state index is -2.50. The molecule has 0 aromatic heterocycles.